The van der Waals surface area contributed by atoms with Crippen molar-refractivity contribution in [3.63, 3.8) is 0 Å². The molecule has 0 unspecified atom stereocenters. The molecule has 0 N–H and O–H groups in total. The van der Waals surface area contributed by atoms with E-state index in [1.165, 1.54) is 0 Å². The fourth-order valence-corrected chi connectivity index (χ4v) is 3.12. The molecule has 3 aromatic carbocycles. The van der Waals surface area contributed by atoms with Gasteiger partial charge in [0.05, 0.1) is 0 Å². The normalized spacial score (nSPS) is 11.4. The Hall–Kier alpha value is -3.49. The van der Waals surface area contributed by atoms with Gasteiger partial charge in [-0.05, 0) is 35.2 Å². The maximum Gasteiger partial charge on any atom is 0.395 e. The van der Waals surface area contributed by atoms with Gasteiger partial charge in [-0.15, -0.1) is 0 Å². The summed E-state index contributed by atoms with van der Waals surface area (Å²) in [5.74, 6) is -9.45. The summed E-state index contributed by atoms with van der Waals surface area (Å²) in [5, 5.41) is 0. The first-order chi connectivity index (χ1) is 15.5. The minimum atomic E-state index is -3.87. The summed E-state index contributed by atoms with van der Waals surface area (Å²) in [6, 6.07) is 9.63. The summed E-state index contributed by atoms with van der Waals surface area (Å²) in [4.78, 5) is 12.3. The van der Waals surface area contributed by atoms with Crippen molar-refractivity contribution in [2.75, 3.05) is 0 Å². The Morgan fingerprint density at radius 2 is 1.39 bits per heavy atom. The molecule has 0 saturated heterocycles. The number of hydrogen-bond acceptors (Lipinski definition) is 3. The van der Waals surface area contributed by atoms with Gasteiger partial charge in [0.2, 0.25) is 0 Å². The van der Waals surface area contributed by atoms with Gasteiger partial charge in [-0.2, -0.15) is 8.78 Å². The molecule has 0 atom stereocenters. The average Bonchev–Trinajstić information content (AvgIpc) is 2.70. The number of alkyl halides is 2. The number of hydrogen-bond donors (Lipinski definition) is 0. The Morgan fingerprint density at radius 1 is 0.848 bits per heavy atom. The summed E-state index contributed by atoms with van der Waals surface area (Å²) in [7, 11) is 0. The van der Waals surface area contributed by atoms with Crippen molar-refractivity contribution in [2.24, 2.45) is 0 Å². The molecular weight excluding hydrogens is 450 g/mol. The van der Waals surface area contributed by atoms with Crippen LogP contribution in [0.5, 0.6) is 11.5 Å². The lowest BCUT2D eigenvalue weighted by molar-refractivity contribution is -0.162. The molecule has 0 aliphatic carbocycles. The van der Waals surface area contributed by atoms with Gasteiger partial charge in [0.15, 0.2) is 17.4 Å². The number of aryl methyl sites for hydroxylation is 1. The van der Waals surface area contributed by atoms with Crippen molar-refractivity contribution in [3.05, 3.63) is 82.9 Å². The number of rotatable bonds is 7. The van der Waals surface area contributed by atoms with Gasteiger partial charge in [-0.25, -0.2) is 22.4 Å². The van der Waals surface area contributed by atoms with Gasteiger partial charge in [0.25, 0.3) is 0 Å². The van der Waals surface area contributed by atoms with Crippen LogP contribution < -0.4 is 9.47 Å². The van der Waals surface area contributed by atoms with E-state index >= 15 is 0 Å². The Bertz CT molecular complexity index is 1120. The lowest BCUT2D eigenvalue weighted by Gasteiger charge is -2.15. The molecule has 174 valence electrons. The first-order valence-electron chi connectivity index (χ1n) is 9.85. The van der Waals surface area contributed by atoms with Crippen LogP contribution in [0.1, 0.15) is 36.2 Å². The van der Waals surface area contributed by atoms with Gasteiger partial charge in [0, 0.05) is 19.1 Å². The minimum absolute atomic E-state index is 0.170. The SMILES string of the molecule is CCCc1ccc(-c2cc(F)c(C(=O)Oc3cc(F)c(OC(C)(F)F)c(F)c3)c(F)c2)cc1. The van der Waals surface area contributed by atoms with Crippen LogP contribution in [-0.2, 0) is 6.42 Å². The molecule has 0 bridgehead atoms. The van der Waals surface area contributed by atoms with Crippen LogP contribution in [-0.4, -0.2) is 12.1 Å². The van der Waals surface area contributed by atoms with Gasteiger partial charge in [-0.3, -0.25) is 0 Å². The van der Waals surface area contributed by atoms with Crippen LogP contribution in [0.4, 0.5) is 26.3 Å². The third-order valence-corrected chi connectivity index (χ3v) is 4.54. The molecule has 3 nitrogen and oxygen atoms in total. The van der Waals surface area contributed by atoms with Crippen molar-refractivity contribution in [1.82, 2.24) is 0 Å². The van der Waals surface area contributed by atoms with E-state index in [0.717, 1.165) is 30.5 Å². The quantitative estimate of drug-likeness (QED) is 0.211. The molecule has 0 saturated carbocycles. The lowest BCUT2D eigenvalue weighted by atomic mass is 10.0. The second kappa shape index (κ2) is 9.56. The molecule has 0 amide bonds. The number of carbonyl (C=O) groups excluding carboxylic acids is 1. The molecule has 0 aromatic heterocycles. The maximum absolute atomic E-state index is 14.6. The molecule has 0 aliphatic rings. The van der Waals surface area contributed by atoms with Crippen molar-refractivity contribution in [2.45, 2.75) is 32.8 Å². The van der Waals surface area contributed by atoms with E-state index in [9.17, 15) is 31.1 Å². The summed E-state index contributed by atoms with van der Waals surface area (Å²) in [6.07, 6.45) is -2.08. The molecule has 9 heteroatoms. The standard InChI is InChI=1S/C24H18F6O3/c1-3-4-13-5-7-14(8-6-13)15-9-17(25)21(18(26)10-15)23(31)32-16-11-19(27)22(20(28)12-16)33-24(2,29)30/h5-12H,3-4H2,1-2H3. The third-order valence-electron chi connectivity index (χ3n) is 4.54. The van der Waals surface area contributed by atoms with Crippen molar-refractivity contribution in [1.29, 1.82) is 0 Å². The molecule has 0 heterocycles. The Labute approximate surface area is 185 Å². The van der Waals surface area contributed by atoms with Crippen molar-refractivity contribution >= 4 is 5.97 Å². The van der Waals surface area contributed by atoms with E-state index < -0.39 is 52.4 Å². The van der Waals surface area contributed by atoms with Crippen molar-refractivity contribution < 1.29 is 40.6 Å². The molecule has 3 rings (SSSR count). The number of carbonyl (C=O) groups is 1. The summed E-state index contributed by atoms with van der Waals surface area (Å²) in [5.41, 5.74) is 0.659. The Balaban J connectivity index is 1.84. The van der Waals surface area contributed by atoms with E-state index in [1.54, 1.807) is 12.1 Å². The minimum Gasteiger partial charge on any atom is -0.426 e. The van der Waals surface area contributed by atoms with Crippen LogP contribution in [0.25, 0.3) is 11.1 Å². The number of benzene rings is 3. The van der Waals surface area contributed by atoms with Crippen LogP contribution in [0.2, 0.25) is 0 Å². The molecule has 33 heavy (non-hydrogen) atoms. The predicted octanol–water partition coefficient (Wildman–Crippen LogP) is 7.07. The van der Waals surface area contributed by atoms with E-state index in [1.807, 2.05) is 19.1 Å². The highest BCUT2D eigenvalue weighted by Gasteiger charge is 2.28. The molecule has 0 radical (unpaired) electrons. The second-order valence-electron chi connectivity index (χ2n) is 7.28. The van der Waals surface area contributed by atoms with E-state index in [2.05, 4.69) is 9.47 Å². The van der Waals surface area contributed by atoms with Crippen LogP contribution >= 0.6 is 0 Å². The smallest absolute Gasteiger partial charge is 0.395 e. The van der Waals surface area contributed by atoms with Crippen LogP contribution in [0.15, 0.2) is 48.5 Å². The lowest BCUT2D eigenvalue weighted by Crippen LogP contribution is -2.21. The maximum atomic E-state index is 14.6. The first-order valence-corrected chi connectivity index (χ1v) is 9.85. The Kier molecular flexibility index (Phi) is 7.00. The highest BCUT2D eigenvalue weighted by Crippen LogP contribution is 2.32. The van der Waals surface area contributed by atoms with Gasteiger partial charge in [-0.1, -0.05) is 37.6 Å². The molecular formula is C24H18F6O3. The first kappa shape index (κ1) is 24.2. The summed E-state index contributed by atoms with van der Waals surface area (Å²) < 4.78 is 91.3. The molecule has 0 spiro atoms. The van der Waals surface area contributed by atoms with Crippen molar-refractivity contribution in [3.8, 4) is 22.6 Å². The zero-order valence-corrected chi connectivity index (χ0v) is 17.5. The second-order valence-corrected chi connectivity index (χ2v) is 7.28. The molecule has 0 fully saturated rings. The molecule has 3 aromatic rings. The Morgan fingerprint density at radius 3 is 1.88 bits per heavy atom. The zero-order valence-electron chi connectivity index (χ0n) is 17.5. The van der Waals surface area contributed by atoms with Gasteiger partial charge < -0.3 is 9.47 Å². The van der Waals surface area contributed by atoms with Gasteiger partial charge in [0.1, 0.15) is 22.9 Å². The molecule has 0 aliphatic heterocycles. The number of esters is 1. The average molecular weight is 468 g/mol. The predicted molar refractivity (Wildman–Crippen MR) is 108 cm³/mol. The fraction of sp³-hybridized carbons (Fsp3) is 0.208. The van der Waals surface area contributed by atoms with E-state index in [4.69, 9.17) is 0 Å². The van der Waals surface area contributed by atoms with E-state index in [0.29, 0.717) is 17.7 Å². The third kappa shape index (κ3) is 5.85. The highest BCUT2D eigenvalue weighted by atomic mass is 19.3. The zero-order chi connectivity index (χ0) is 24.3. The summed E-state index contributed by atoms with van der Waals surface area (Å²) >= 11 is 0. The van der Waals surface area contributed by atoms with Gasteiger partial charge >= 0.3 is 12.1 Å². The van der Waals surface area contributed by atoms with Crippen LogP contribution in [0, 0.1) is 23.3 Å². The van der Waals surface area contributed by atoms with E-state index in [-0.39, 0.29) is 12.5 Å². The van der Waals surface area contributed by atoms with Crippen LogP contribution in [0.3, 0.4) is 0 Å². The number of ether oxygens (including phenoxy) is 2. The number of halogens is 6. The largest absolute Gasteiger partial charge is 0.426 e. The monoisotopic (exact) mass is 468 g/mol. The highest BCUT2D eigenvalue weighted by molar-refractivity contribution is 5.92. The fourth-order valence-electron chi connectivity index (χ4n) is 3.12. The topological polar surface area (TPSA) is 35.5 Å². The summed E-state index contributed by atoms with van der Waals surface area (Å²) in [6.45, 7) is 2.29.